The number of hydrogen-bond acceptors (Lipinski definition) is 5. The largest absolute Gasteiger partial charge is 0.504 e. The van der Waals surface area contributed by atoms with Crippen molar-refractivity contribution in [3.05, 3.63) is 52.6 Å². The molecule has 0 aliphatic carbocycles. The van der Waals surface area contributed by atoms with Gasteiger partial charge in [-0.15, -0.1) is 0 Å². The quantitative estimate of drug-likeness (QED) is 0.297. The van der Waals surface area contributed by atoms with E-state index in [1.807, 2.05) is 0 Å². The van der Waals surface area contributed by atoms with E-state index in [0.717, 1.165) is 6.07 Å². The number of anilines is 1. The van der Waals surface area contributed by atoms with Crippen molar-refractivity contribution in [1.82, 2.24) is 0 Å². The number of phenols is 2. The fourth-order valence-corrected chi connectivity index (χ4v) is 2.64. The highest BCUT2D eigenvalue weighted by molar-refractivity contribution is 7.99. The molecule has 5 nitrogen and oxygen atoms in total. The maximum Gasteiger partial charge on any atom is 0.288 e. The Morgan fingerprint density at radius 1 is 1.27 bits per heavy atom. The van der Waals surface area contributed by atoms with E-state index in [0.29, 0.717) is 22.3 Å². The Hall–Kier alpha value is -2.76. The van der Waals surface area contributed by atoms with Crippen molar-refractivity contribution >= 4 is 41.0 Å². The predicted octanol–water partition coefficient (Wildman–Crippen LogP) is 4.61. The molecule has 0 atom stereocenters. The van der Waals surface area contributed by atoms with Gasteiger partial charge in [-0.1, -0.05) is 23.4 Å². The van der Waals surface area contributed by atoms with Crippen LogP contribution in [0, 0.1) is 11.3 Å². The molecular formula is C17H11ClF2N2O3S. The van der Waals surface area contributed by atoms with Gasteiger partial charge in [-0.05, 0) is 48.0 Å². The highest BCUT2D eigenvalue weighted by Gasteiger charge is 2.12. The fourth-order valence-electron chi connectivity index (χ4n) is 1.92. The standard InChI is InChI=1S/C17H11ClF2N2O3S/c18-13-6-9(7-14(23)15(13)24)5-10(8-21)16(25)22-11-1-3-12(4-2-11)26-17(19)20/h1-7,17,23-24H,(H,22,25)/b10-5+. The van der Waals surface area contributed by atoms with Crippen LogP contribution in [-0.4, -0.2) is 21.9 Å². The topological polar surface area (TPSA) is 93.3 Å². The molecule has 2 aromatic rings. The van der Waals surface area contributed by atoms with Crippen LogP contribution in [0.15, 0.2) is 46.9 Å². The lowest BCUT2D eigenvalue weighted by atomic mass is 10.1. The van der Waals surface area contributed by atoms with Crippen molar-refractivity contribution in [2.45, 2.75) is 10.7 Å². The summed E-state index contributed by atoms with van der Waals surface area (Å²) >= 11 is 6.10. The Kier molecular flexibility index (Phi) is 6.44. The van der Waals surface area contributed by atoms with Crippen molar-refractivity contribution in [2.75, 3.05) is 5.32 Å². The molecule has 0 bridgehead atoms. The van der Waals surface area contributed by atoms with E-state index < -0.39 is 23.2 Å². The number of aromatic hydroxyl groups is 2. The van der Waals surface area contributed by atoms with E-state index in [1.54, 1.807) is 6.07 Å². The number of phenolic OH excluding ortho intramolecular Hbond substituents is 2. The third-order valence-corrected chi connectivity index (χ3v) is 4.09. The molecule has 134 valence electrons. The van der Waals surface area contributed by atoms with Crippen LogP contribution < -0.4 is 5.32 Å². The number of halogens is 3. The van der Waals surface area contributed by atoms with Crippen molar-refractivity contribution < 1.29 is 23.8 Å². The summed E-state index contributed by atoms with van der Waals surface area (Å²) in [4.78, 5) is 12.5. The lowest BCUT2D eigenvalue weighted by molar-refractivity contribution is -0.112. The molecule has 3 N–H and O–H groups in total. The first-order valence-corrected chi connectivity index (χ1v) is 8.25. The van der Waals surface area contributed by atoms with Gasteiger partial charge in [-0.3, -0.25) is 4.79 Å². The zero-order valence-corrected chi connectivity index (χ0v) is 14.5. The number of hydrogen-bond donors (Lipinski definition) is 3. The Morgan fingerprint density at radius 2 is 1.92 bits per heavy atom. The van der Waals surface area contributed by atoms with Gasteiger partial charge in [0.2, 0.25) is 0 Å². The number of amides is 1. The lowest BCUT2D eigenvalue weighted by Crippen LogP contribution is -2.13. The van der Waals surface area contributed by atoms with Gasteiger partial charge in [-0.25, -0.2) is 0 Å². The number of alkyl halides is 2. The molecule has 0 saturated heterocycles. The number of carbonyl (C=O) groups is 1. The van der Waals surface area contributed by atoms with Crippen molar-refractivity contribution in [3.8, 4) is 17.6 Å². The third-order valence-electron chi connectivity index (χ3n) is 3.08. The van der Waals surface area contributed by atoms with Crippen LogP contribution in [0.25, 0.3) is 6.08 Å². The maximum absolute atomic E-state index is 12.3. The van der Waals surface area contributed by atoms with Crippen LogP contribution in [0.1, 0.15) is 5.56 Å². The number of nitrogens with one attached hydrogen (secondary N) is 1. The number of nitriles is 1. The molecule has 0 fully saturated rings. The summed E-state index contributed by atoms with van der Waals surface area (Å²) in [5.74, 6) is -4.27. The van der Waals surface area contributed by atoms with Gasteiger partial charge >= 0.3 is 0 Å². The van der Waals surface area contributed by atoms with Crippen LogP contribution in [0.5, 0.6) is 11.5 Å². The summed E-state index contributed by atoms with van der Waals surface area (Å²) < 4.78 is 24.6. The van der Waals surface area contributed by atoms with Crippen LogP contribution in [0.4, 0.5) is 14.5 Å². The Labute approximate surface area is 156 Å². The zero-order valence-electron chi connectivity index (χ0n) is 12.9. The first-order chi connectivity index (χ1) is 12.3. The zero-order chi connectivity index (χ0) is 19.3. The van der Waals surface area contributed by atoms with E-state index >= 15 is 0 Å². The van der Waals surface area contributed by atoms with Gasteiger partial charge in [-0.2, -0.15) is 14.0 Å². The average Bonchev–Trinajstić information content (AvgIpc) is 2.58. The first-order valence-electron chi connectivity index (χ1n) is 6.99. The summed E-state index contributed by atoms with van der Waals surface area (Å²) in [6, 6.07) is 9.83. The Bertz CT molecular complexity index is 873. The van der Waals surface area contributed by atoms with Gasteiger partial charge in [0.15, 0.2) is 11.5 Å². The molecule has 0 saturated carbocycles. The molecule has 26 heavy (non-hydrogen) atoms. The lowest BCUT2D eigenvalue weighted by Gasteiger charge is -2.06. The molecule has 0 aromatic heterocycles. The predicted molar refractivity (Wildman–Crippen MR) is 95.3 cm³/mol. The van der Waals surface area contributed by atoms with E-state index in [1.165, 1.54) is 36.4 Å². The molecule has 2 aromatic carbocycles. The molecule has 9 heteroatoms. The summed E-state index contributed by atoms with van der Waals surface area (Å²) in [5, 5.41) is 30.4. The van der Waals surface area contributed by atoms with Gasteiger partial charge in [0.1, 0.15) is 11.6 Å². The van der Waals surface area contributed by atoms with Gasteiger partial charge in [0.25, 0.3) is 11.7 Å². The second kappa shape index (κ2) is 8.56. The molecule has 2 rings (SSSR count). The number of benzene rings is 2. The van der Waals surface area contributed by atoms with E-state index in [-0.39, 0.29) is 16.2 Å². The smallest absolute Gasteiger partial charge is 0.288 e. The SMILES string of the molecule is N#C/C(=C\c1cc(O)c(O)c(Cl)c1)C(=O)Nc1ccc(SC(F)F)cc1. The summed E-state index contributed by atoms with van der Waals surface area (Å²) in [5.41, 5.74) is 0.277. The molecule has 0 unspecified atom stereocenters. The Balaban J connectivity index is 2.17. The van der Waals surface area contributed by atoms with Gasteiger partial charge in [0.05, 0.1) is 5.02 Å². The molecule has 0 spiro atoms. The van der Waals surface area contributed by atoms with Crippen LogP contribution >= 0.6 is 23.4 Å². The molecular weight excluding hydrogens is 386 g/mol. The second-order valence-electron chi connectivity index (χ2n) is 4.90. The highest BCUT2D eigenvalue weighted by Crippen LogP contribution is 2.34. The normalized spacial score (nSPS) is 11.3. The average molecular weight is 397 g/mol. The fraction of sp³-hybridized carbons (Fsp3) is 0.0588. The van der Waals surface area contributed by atoms with E-state index in [9.17, 15) is 23.8 Å². The van der Waals surface area contributed by atoms with Crippen LogP contribution in [-0.2, 0) is 4.79 Å². The molecule has 0 aliphatic heterocycles. The Morgan fingerprint density at radius 3 is 2.46 bits per heavy atom. The summed E-state index contributed by atoms with van der Waals surface area (Å²) in [6.07, 6.45) is 1.18. The molecule has 1 amide bonds. The minimum atomic E-state index is -2.54. The minimum Gasteiger partial charge on any atom is -0.504 e. The summed E-state index contributed by atoms with van der Waals surface area (Å²) in [6.45, 7) is 0. The van der Waals surface area contributed by atoms with Gasteiger partial charge in [0, 0.05) is 10.6 Å². The number of nitrogens with zero attached hydrogens (tertiary/aromatic N) is 1. The highest BCUT2D eigenvalue weighted by atomic mass is 35.5. The monoisotopic (exact) mass is 396 g/mol. The van der Waals surface area contributed by atoms with Crippen molar-refractivity contribution in [3.63, 3.8) is 0 Å². The van der Waals surface area contributed by atoms with E-state index in [4.69, 9.17) is 16.9 Å². The number of thioether (sulfide) groups is 1. The second-order valence-corrected chi connectivity index (χ2v) is 6.37. The number of rotatable bonds is 5. The van der Waals surface area contributed by atoms with E-state index in [2.05, 4.69) is 5.32 Å². The number of carbonyl (C=O) groups excluding carboxylic acids is 1. The van der Waals surface area contributed by atoms with Crippen molar-refractivity contribution in [1.29, 1.82) is 5.26 Å². The molecule has 0 radical (unpaired) electrons. The summed E-state index contributed by atoms with van der Waals surface area (Å²) in [7, 11) is 0. The van der Waals surface area contributed by atoms with Crippen LogP contribution in [0.3, 0.4) is 0 Å². The maximum atomic E-state index is 12.3. The van der Waals surface area contributed by atoms with Crippen molar-refractivity contribution in [2.24, 2.45) is 0 Å². The molecule has 0 aliphatic rings. The first kappa shape index (κ1) is 19.6. The van der Waals surface area contributed by atoms with Gasteiger partial charge < -0.3 is 15.5 Å². The minimum absolute atomic E-state index is 0.138. The molecule has 0 heterocycles. The van der Waals surface area contributed by atoms with Crippen LogP contribution in [0.2, 0.25) is 5.02 Å². The third kappa shape index (κ3) is 5.12.